The molecule has 27 heavy (non-hydrogen) atoms. The molecule has 0 atom stereocenters. The summed E-state index contributed by atoms with van der Waals surface area (Å²) >= 11 is 2.71. The van der Waals surface area contributed by atoms with E-state index in [-0.39, 0.29) is 24.6 Å². The van der Waals surface area contributed by atoms with Crippen molar-refractivity contribution in [3.8, 4) is 0 Å². The van der Waals surface area contributed by atoms with Crippen LogP contribution in [-0.4, -0.2) is 54.3 Å². The van der Waals surface area contributed by atoms with Gasteiger partial charge in [-0.1, -0.05) is 0 Å². The number of nitrogens with zero attached hydrogens (tertiary/aromatic N) is 2. The number of ether oxygens (including phenoxy) is 2. The lowest BCUT2D eigenvalue weighted by Crippen LogP contribution is -2.45. The number of carbonyl (C=O) groups excluding carboxylic acids is 2. The van der Waals surface area contributed by atoms with Gasteiger partial charge in [0.15, 0.2) is 0 Å². The van der Waals surface area contributed by atoms with E-state index in [9.17, 15) is 14.4 Å². The number of hydrogen-bond donors (Lipinski definition) is 0. The van der Waals surface area contributed by atoms with E-state index in [1.54, 1.807) is 17.9 Å². The Morgan fingerprint density at radius 3 is 2.78 bits per heavy atom. The van der Waals surface area contributed by atoms with E-state index in [1.165, 1.54) is 33.3 Å². The number of hydrogen-bond acceptors (Lipinski definition) is 7. The van der Waals surface area contributed by atoms with Gasteiger partial charge in [0.25, 0.3) is 5.56 Å². The monoisotopic (exact) mass is 408 g/mol. The minimum atomic E-state index is -0.534. The molecule has 1 saturated heterocycles. The molecule has 1 amide bonds. The summed E-state index contributed by atoms with van der Waals surface area (Å²) in [6.45, 7) is 3.83. The van der Waals surface area contributed by atoms with Crippen LogP contribution in [0.25, 0.3) is 12.2 Å². The molecule has 0 bridgehead atoms. The zero-order chi connectivity index (χ0) is 19.2. The molecule has 1 aliphatic rings. The lowest BCUT2D eigenvalue weighted by molar-refractivity contribution is -0.136. The highest BCUT2D eigenvalue weighted by Crippen LogP contribution is 2.06. The molecule has 0 spiro atoms. The average molecular weight is 409 g/mol. The van der Waals surface area contributed by atoms with Crippen molar-refractivity contribution in [2.24, 2.45) is 0 Å². The van der Waals surface area contributed by atoms with E-state index < -0.39 is 5.97 Å². The number of amides is 1. The predicted molar refractivity (Wildman–Crippen MR) is 104 cm³/mol. The average Bonchev–Trinajstić information content (AvgIpc) is 3.27. The lowest BCUT2D eigenvalue weighted by Gasteiger charge is -2.26. The molecule has 2 aromatic heterocycles. The number of thiazole rings is 1. The maximum Gasteiger partial charge on any atom is 0.333 e. The molecule has 0 aromatic carbocycles. The first-order chi connectivity index (χ1) is 13.1. The molecule has 2 aromatic rings. The van der Waals surface area contributed by atoms with Crippen LogP contribution in [-0.2, 0) is 25.6 Å². The highest BCUT2D eigenvalue weighted by Gasteiger charge is 2.19. The summed E-state index contributed by atoms with van der Waals surface area (Å²) in [4.78, 5) is 39.0. The van der Waals surface area contributed by atoms with Crippen molar-refractivity contribution in [2.45, 2.75) is 13.5 Å². The van der Waals surface area contributed by atoms with Crippen LogP contribution in [0.5, 0.6) is 0 Å². The molecular weight excluding hydrogens is 388 g/mol. The maximum atomic E-state index is 12.9. The van der Waals surface area contributed by atoms with Gasteiger partial charge < -0.3 is 14.4 Å². The highest BCUT2D eigenvalue weighted by atomic mass is 32.1. The normalized spacial score (nSPS) is 16.0. The van der Waals surface area contributed by atoms with Crippen LogP contribution < -0.4 is 14.8 Å². The number of rotatable bonds is 5. The minimum Gasteiger partial charge on any atom is -0.463 e. The van der Waals surface area contributed by atoms with E-state index in [0.717, 1.165) is 5.56 Å². The van der Waals surface area contributed by atoms with Crippen molar-refractivity contribution >= 4 is 46.7 Å². The van der Waals surface area contributed by atoms with Gasteiger partial charge in [0.05, 0.1) is 30.4 Å². The summed E-state index contributed by atoms with van der Waals surface area (Å²) < 4.78 is 12.4. The maximum absolute atomic E-state index is 12.9. The van der Waals surface area contributed by atoms with Gasteiger partial charge >= 0.3 is 5.97 Å². The third kappa shape index (κ3) is 4.94. The molecule has 144 valence electrons. The minimum absolute atomic E-state index is 0.113. The van der Waals surface area contributed by atoms with Gasteiger partial charge in [0.2, 0.25) is 5.91 Å². The van der Waals surface area contributed by atoms with Gasteiger partial charge in [-0.25, -0.2) is 4.79 Å². The molecule has 1 aliphatic heterocycles. The van der Waals surface area contributed by atoms with Gasteiger partial charge in [-0.15, -0.1) is 11.3 Å². The van der Waals surface area contributed by atoms with Crippen LogP contribution in [0.15, 0.2) is 21.6 Å². The first kappa shape index (κ1) is 19.5. The lowest BCUT2D eigenvalue weighted by atomic mass is 10.3. The van der Waals surface area contributed by atoms with Crippen molar-refractivity contribution < 1.29 is 19.1 Å². The van der Waals surface area contributed by atoms with E-state index >= 15 is 0 Å². The highest BCUT2D eigenvalue weighted by molar-refractivity contribution is 7.08. The molecule has 3 heterocycles. The van der Waals surface area contributed by atoms with Crippen molar-refractivity contribution in [3.05, 3.63) is 41.9 Å². The van der Waals surface area contributed by atoms with Crippen LogP contribution in [0.3, 0.4) is 0 Å². The molecule has 7 nitrogen and oxygen atoms in total. The Morgan fingerprint density at radius 2 is 2.11 bits per heavy atom. The fourth-order valence-corrected chi connectivity index (χ4v) is 4.28. The summed E-state index contributed by atoms with van der Waals surface area (Å²) in [6.07, 6.45) is 3.04. The van der Waals surface area contributed by atoms with E-state index in [1.807, 2.05) is 16.8 Å². The Kier molecular flexibility index (Phi) is 6.59. The van der Waals surface area contributed by atoms with Crippen molar-refractivity contribution in [2.75, 3.05) is 32.9 Å². The Morgan fingerprint density at radius 1 is 1.33 bits per heavy atom. The second-order valence-corrected chi connectivity index (χ2v) is 7.63. The third-order valence-electron chi connectivity index (χ3n) is 3.96. The van der Waals surface area contributed by atoms with Gasteiger partial charge in [0.1, 0.15) is 11.2 Å². The largest absolute Gasteiger partial charge is 0.463 e. The Hall–Kier alpha value is -2.23. The van der Waals surface area contributed by atoms with Crippen LogP contribution in [0.4, 0.5) is 0 Å². The molecular formula is C18H20N2O5S2. The zero-order valence-electron chi connectivity index (χ0n) is 14.9. The standard InChI is InChI=1S/C18H20N2O5S2/c1-2-25-17(22)10-16-20(11-15(21)19-4-6-24-7-5-19)18(23)14(27-16)9-13-3-8-26-12-13/h3,8-10,12H,2,4-7,11H2,1H3/b14-9-,16-10-. The van der Waals surface area contributed by atoms with Gasteiger partial charge in [0, 0.05) is 13.1 Å². The van der Waals surface area contributed by atoms with Gasteiger partial charge in [-0.05, 0) is 35.4 Å². The smallest absolute Gasteiger partial charge is 0.333 e. The predicted octanol–water partition coefficient (Wildman–Crippen LogP) is 0.00250. The fraction of sp³-hybridized carbons (Fsp3) is 0.389. The third-order valence-corrected chi connectivity index (χ3v) is 5.72. The van der Waals surface area contributed by atoms with Crippen LogP contribution in [0, 0.1) is 0 Å². The topological polar surface area (TPSA) is 77.8 Å². The molecule has 1 fully saturated rings. The van der Waals surface area contributed by atoms with Crippen molar-refractivity contribution in [3.63, 3.8) is 0 Å². The molecule has 0 unspecified atom stereocenters. The number of esters is 1. The Balaban J connectivity index is 1.99. The van der Waals surface area contributed by atoms with Crippen LogP contribution in [0.1, 0.15) is 12.5 Å². The Bertz CT molecular complexity index is 969. The number of thiophene rings is 1. The van der Waals surface area contributed by atoms with E-state index in [4.69, 9.17) is 9.47 Å². The van der Waals surface area contributed by atoms with Gasteiger partial charge in [-0.2, -0.15) is 11.3 Å². The second kappa shape index (κ2) is 9.12. The summed E-state index contributed by atoms with van der Waals surface area (Å²) in [5, 5.41) is 3.85. The van der Waals surface area contributed by atoms with Crippen molar-refractivity contribution in [1.82, 2.24) is 9.47 Å². The molecule has 0 N–H and O–H groups in total. The first-order valence-electron chi connectivity index (χ1n) is 8.56. The van der Waals surface area contributed by atoms with Crippen LogP contribution >= 0.6 is 22.7 Å². The zero-order valence-corrected chi connectivity index (χ0v) is 16.5. The Labute approximate surface area is 163 Å². The summed E-state index contributed by atoms with van der Waals surface area (Å²) in [5.74, 6) is -0.702. The summed E-state index contributed by atoms with van der Waals surface area (Å²) in [7, 11) is 0. The quantitative estimate of drug-likeness (QED) is 0.651. The van der Waals surface area contributed by atoms with E-state index in [0.29, 0.717) is 35.5 Å². The molecule has 0 radical (unpaired) electrons. The molecule has 3 rings (SSSR count). The molecule has 9 heteroatoms. The number of aromatic nitrogens is 1. The summed E-state index contributed by atoms with van der Waals surface area (Å²) in [5.41, 5.74) is 0.621. The number of carbonyl (C=O) groups is 2. The second-order valence-electron chi connectivity index (χ2n) is 5.79. The van der Waals surface area contributed by atoms with Gasteiger partial charge in [-0.3, -0.25) is 14.2 Å². The molecule has 0 saturated carbocycles. The molecule has 0 aliphatic carbocycles. The van der Waals surface area contributed by atoms with Crippen LogP contribution in [0.2, 0.25) is 0 Å². The first-order valence-corrected chi connectivity index (χ1v) is 10.3. The fourth-order valence-electron chi connectivity index (χ4n) is 2.63. The van der Waals surface area contributed by atoms with Crippen molar-refractivity contribution in [1.29, 1.82) is 0 Å². The van der Waals surface area contributed by atoms with E-state index in [2.05, 4.69) is 0 Å². The SMILES string of the molecule is CCOC(=O)/C=c1\s/c(=C\c2ccsc2)c(=O)n1CC(=O)N1CCOCC1. The number of morpholine rings is 1. The summed E-state index contributed by atoms with van der Waals surface area (Å²) in [6, 6.07) is 1.90.